The van der Waals surface area contributed by atoms with Gasteiger partial charge in [0.2, 0.25) is 0 Å². The van der Waals surface area contributed by atoms with Crippen LogP contribution in [0.1, 0.15) is 89.9 Å². The lowest BCUT2D eigenvalue weighted by molar-refractivity contribution is -0.147. The molecule has 28 heavy (non-hydrogen) atoms. The van der Waals surface area contributed by atoms with E-state index in [9.17, 15) is 14.5 Å². The van der Waals surface area contributed by atoms with Gasteiger partial charge in [-0.05, 0) is 19.3 Å². The van der Waals surface area contributed by atoms with Crippen molar-refractivity contribution in [1.82, 2.24) is 0 Å². The minimum Gasteiger partial charge on any atom is -0.463 e. The molecule has 0 saturated heterocycles. The Labute approximate surface area is 169 Å². The first kappa shape index (κ1) is 27.3. The molecule has 0 radical (unpaired) electrons. The molecule has 0 bridgehead atoms. The molecule has 0 rings (SSSR count). The van der Waals surface area contributed by atoms with E-state index in [-0.39, 0.29) is 13.0 Å². The Morgan fingerprint density at radius 3 is 1.79 bits per heavy atom. The molecule has 0 aliphatic carbocycles. The van der Waals surface area contributed by atoms with Crippen molar-refractivity contribution >= 4 is 13.8 Å². The number of carbonyl (C=O) groups is 1. The van der Waals surface area contributed by atoms with Gasteiger partial charge in [-0.2, -0.15) is 0 Å². The van der Waals surface area contributed by atoms with Crippen LogP contribution in [0.25, 0.3) is 0 Å². The third-order valence-corrected chi connectivity index (χ3v) is 4.90. The number of unbranched alkanes of at least 4 members (excludes halogenated alkanes) is 12. The van der Waals surface area contributed by atoms with E-state index < -0.39 is 26.5 Å². The van der Waals surface area contributed by atoms with Gasteiger partial charge in [0.1, 0.15) is 12.7 Å². The van der Waals surface area contributed by atoms with Crippen LogP contribution in [-0.2, 0) is 18.6 Å². The summed E-state index contributed by atoms with van der Waals surface area (Å²) >= 11 is 0. The highest BCUT2D eigenvalue weighted by Gasteiger charge is 2.17. The van der Waals surface area contributed by atoms with E-state index in [0.29, 0.717) is 0 Å². The summed E-state index contributed by atoms with van der Waals surface area (Å²) in [6.45, 7) is 2.83. The van der Waals surface area contributed by atoms with E-state index in [1.807, 2.05) is 6.08 Å². The Balaban J connectivity index is 3.32. The summed E-state index contributed by atoms with van der Waals surface area (Å²) in [4.78, 5) is 28.5. The summed E-state index contributed by atoms with van der Waals surface area (Å²) in [6.07, 6.45) is 16.6. The quantitative estimate of drug-likeness (QED) is 0.113. The van der Waals surface area contributed by atoms with Gasteiger partial charge in [-0.3, -0.25) is 9.32 Å². The fraction of sp³-hybridized carbons (Fsp3) is 0.850. The summed E-state index contributed by atoms with van der Waals surface area (Å²) in [5, 5.41) is 9.41. The van der Waals surface area contributed by atoms with E-state index in [1.165, 1.54) is 57.8 Å². The molecule has 0 spiro atoms. The van der Waals surface area contributed by atoms with Gasteiger partial charge in [-0.25, -0.2) is 4.57 Å². The number of hydrogen-bond donors (Lipinski definition) is 3. The van der Waals surface area contributed by atoms with Crippen LogP contribution in [0.2, 0.25) is 0 Å². The summed E-state index contributed by atoms with van der Waals surface area (Å²) in [5.41, 5.74) is 0. The zero-order chi connectivity index (χ0) is 21.1. The van der Waals surface area contributed by atoms with Crippen molar-refractivity contribution in [2.75, 3.05) is 13.2 Å². The zero-order valence-corrected chi connectivity index (χ0v) is 18.0. The number of aliphatic hydroxyl groups excluding tert-OH is 1. The van der Waals surface area contributed by atoms with Crippen molar-refractivity contribution in [2.24, 2.45) is 0 Å². The molecule has 0 saturated carbocycles. The number of rotatable bonds is 20. The standard InChI is InChI=1S/C20H39O7P/c1-2-3-4-5-6-7-8-9-10-11-12-13-14-15-16-20(22)26-17-19(21)18-27-28(23,24)25/h2,19,21H,1,3-18H2,(H2,23,24,25). The first-order valence-corrected chi connectivity index (χ1v) is 12.0. The largest absolute Gasteiger partial charge is 0.469 e. The van der Waals surface area contributed by atoms with Crippen LogP contribution >= 0.6 is 7.82 Å². The topological polar surface area (TPSA) is 113 Å². The average molecular weight is 422 g/mol. The Kier molecular flexibility index (Phi) is 17.8. The second kappa shape index (κ2) is 18.3. The van der Waals surface area contributed by atoms with Crippen molar-refractivity contribution in [3.63, 3.8) is 0 Å². The number of phosphoric acid groups is 1. The van der Waals surface area contributed by atoms with Gasteiger partial charge in [0, 0.05) is 6.42 Å². The SMILES string of the molecule is C=CCCCCCCCCCCCCCCC(=O)OCC(O)COP(=O)(O)O. The van der Waals surface area contributed by atoms with Gasteiger partial charge in [0.15, 0.2) is 0 Å². The molecule has 7 nitrogen and oxygen atoms in total. The number of carbonyl (C=O) groups excluding carboxylic acids is 1. The van der Waals surface area contributed by atoms with Crippen molar-refractivity contribution < 1.29 is 33.5 Å². The van der Waals surface area contributed by atoms with Crippen molar-refractivity contribution in [2.45, 2.75) is 96.0 Å². The fourth-order valence-electron chi connectivity index (χ4n) is 2.82. The molecule has 1 atom stereocenters. The highest BCUT2D eigenvalue weighted by molar-refractivity contribution is 7.46. The van der Waals surface area contributed by atoms with Crippen LogP contribution in [0.4, 0.5) is 0 Å². The van der Waals surface area contributed by atoms with E-state index in [2.05, 4.69) is 11.1 Å². The van der Waals surface area contributed by atoms with E-state index in [0.717, 1.165) is 25.7 Å². The Morgan fingerprint density at radius 2 is 1.32 bits per heavy atom. The van der Waals surface area contributed by atoms with Crippen LogP contribution in [-0.4, -0.2) is 40.2 Å². The molecule has 0 aliphatic rings. The molecule has 166 valence electrons. The lowest BCUT2D eigenvalue weighted by Gasteiger charge is -2.12. The first-order valence-electron chi connectivity index (χ1n) is 10.5. The monoisotopic (exact) mass is 422 g/mol. The second-order valence-corrected chi connectivity index (χ2v) is 8.43. The minimum atomic E-state index is -4.62. The highest BCUT2D eigenvalue weighted by Crippen LogP contribution is 2.35. The molecule has 0 fully saturated rings. The Bertz CT molecular complexity index is 436. The van der Waals surface area contributed by atoms with Gasteiger partial charge in [0.05, 0.1) is 6.61 Å². The van der Waals surface area contributed by atoms with Gasteiger partial charge in [0.25, 0.3) is 0 Å². The number of allylic oxidation sites excluding steroid dienone is 1. The number of hydrogen-bond acceptors (Lipinski definition) is 5. The van der Waals surface area contributed by atoms with Crippen molar-refractivity contribution in [3.8, 4) is 0 Å². The molecule has 0 aliphatic heterocycles. The van der Waals surface area contributed by atoms with Crippen molar-refractivity contribution in [1.29, 1.82) is 0 Å². The van der Waals surface area contributed by atoms with Crippen LogP contribution in [0.15, 0.2) is 12.7 Å². The lowest BCUT2D eigenvalue weighted by atomic mass is 10.0. The van der Waals surface area contributed by atoms with Gasteiger partial charge >= 0.3 is 13.8 Å². The molecular weight excluding hydrogens is 383 g/mol. The number of phosphoric ester groups is 1. The van der Waals surface area contributed by atoms with E-state index in [1.54, 1.807) is 0 Å². The maximum atomic E-state index is 11.5. The Hall–Kier alpha value is -0.720. The van der Waals surface area contributed by atoms with Crippen LogP contribution < -0.4 is 0 Å². The smallest absolute Gasteiger partial charge is 0.463 e. The number of aliphatic hydroxyl groups is 1. The number of esters is 1. The first-order chi connectivity index (χ1) is 13.3. The fourth-order valence-corrected chi connectivity index (χ4v) is 3.18. The molecule has 0 heterocycles. The van der Waals surface area contributed by atoms with Crippen molar-refractivity contribution in [3.05, 3.63) is 12.7 Å². The minimum absolute atomic E-state index is 0.290. The summed E-state index contributed by atoms with van der Waals surface area (Å²) < 4.78 is 19.5. The third-order valence-electron chi connectivity index (χ3n) is 4.41. The molecule has 0 aromatic rings. The van der Waals surface area contributed by atoms with Gasteiger partial charge < -0.3 is 19.6 Å². The maximum absolute atomic E-state index is 11.5. The normalized spacial score (nSPS) is 12.7. The predicted octanol–water partition coefficient (Wildman–Crippen LogP) is 4.65. The Morgan fingerprint density at radius 1 is 0.857 bits per heavy atom. The van der Waals surface area contributed by atoms with Crippen LogP contribution in [0.5, 0.6) is 0 Å². The average Bonchev–Trinajstić information content (AvgIpc) is 2.64. The molecule has 3 N–H and O–H groups in total. The molecule has 0 aromatic carbocycles. The zero-order valence-electron chi connectivity index (χ0n) is 17.1. The summed E-state index contributed by atoms with van der Waals surface area (Å²) in [5.74, 6) is -0.414. The molecule has 1 unspecified atom stereocenters. The highest BCUT2D eigenvalue weighted by atomic mass is 31.2. The second-order valence-electron chi connectivity index (χ2n) is 7.19. The number of ether oxygens (including phenoxy) is 1. The molecular formula is C20H39O7P. The van der Waals surface area contributed by atoms with Gasteiger partial charge in [-0.1, -0.05) is 70.3 Å². The van der Waals surface area contributed by atoms with Crippen LogP contribution in [0, 0.1) is 0 Å². The van der Waals surface area contributed by atoms with E-state index in [4.69, 9.17) is 14.5 Å². The predicted molar refractivity (Wildman–Crippen MR) is 110 cm³/mol. The molecule has 0 aromatic heterocycles. The van der Waals surface area contributed by atoms with Gasteiger partial charge in [-0.15, -0.1) is 6.58 Å². The third kappa shape index (κ3) is 21.6. The lowest BCUT2D eigenvalue weighted by Crippen LogP contribution is -2.23. The molecule has 8 heteroatoms. The maximum Gasteiger partial charge on any atom is 0.469 e. The summed E-state index contributed by atoms with van der Waals surface area (Å²) in [6, 6.07) is 0. The summed E-state index contributed by atoms with van der Waals surface area (Å²) in [7, 11) is -4.62. The molecule has 0 amide bonds. The van der Waals surface area contributed by atoms with Crippen LogP contribution in [0.3, 0.4) is 0 Å². The van der Waals surface area contributed by atoms with E-state index >= 15 is 0 Å².